The van der Waals surface area contributed by atoms with Crippen LogP contribution < -0.4 is 4.90 Å². The second-order valence-corrected chi connectivity index (χ2v) is 18.5. The summed E-state index contributed by atoms with van der Waals surface area (Å²) in [4.78, 5) is 2.35. The minimum absolute atomic E-state index is 0.115. The monoisotopic (exact) mass is 815 g/mol. The second-order valence-electron chi connectivity index (χ2n) is 18.5. The molecule has 0 bridgehead atoms. The van der Waals surface area contributed by atoms with Crippen molar-refractivity contribution < 1.29 is 4.42 Å². The van der Waals surface area contributed by atoms with Crippen LogP contribution in [0.3, 0.4) is 0 Å². The van der Waals surface area contributed by atoms with E-state index < -0.39 is 0 Å². The largest absolute Gasteiger partial charge is 0.455 e. The summed E-state index contributed by atoms with van der Waals surface area (Å²) in [7, 11) is 0. The standard InChI is InChI=1S/C61H53NO/c1-39(2)49-20-17-47-14-12-40(3)58(56(47)38-49)48-18-15-42(16-19-48)44-23-31-51(32-24-44)62(52-33-25-45(26-34-52)43-21-29-50(30-22-43)61(5,6)7)53-35-27-46(28-36-53)54-37-13-41(4)59-55-10-8-9-11-57(55)63-60(54)59/h8-39H,1-7H3. The van der Waals surface area contributed by atoms with Crippen LogP contribution >= 0.6 is 0 Å². The number of benzene rings is 9. The van der Waals surface area contributed by atoms with Crippen molar-refractivity contribution in [3.8, 4) is 44.5 Å². The predicted molar refractivity (Wildman–Crippen MR) is 270 cm³/mol. The lowest BCUT2D eigenvalue weighted by molar-refractivity contribution is 0.590. The quantitative estimate of drug-likeness (QED) is 0.152. The third kappa shape index (κ3) is 7.50. The number of fused-ring (bicyclic) bond motifs is 4. The van der Waals surface area contributed by atoms with Crippen LogP contribution in [-0.2, 0) is 5.41 Å². The van der Waals surface area contributed by atoms with Crippen LogP contribution in [0.15, 0.2) is 192 Å². The van der Waals surface area contributed by atoms with E-state index in [9.17, 15) is 0 Å². The Hall–Kier alpha value is -7.16. The second kappa shape index (κ2) is 15.9. The molecule has 2 heteroatoms. The fourth-order valence-corrected chi connectivity index (χ4v) is 9.25. The molecular formula is C61H53NO. The molecule has 1 aromatic heterocycles. The molecule has 2 nitrogen and oxygen atoms in total. The van der Waals surface area contributed by atoms with E-state index in [1.54, 1.807) is 0 Å². The van der Waals surface area contributed by atoms with Crippen LogP contribution in [0, 0.1) is 13.8 Å². The summed E-state index contributed by atoms with van der Waals surface area (Å²) in [5, 5.41) is 4.93. The number of nitrogens with zero attached hydrogens (tertiary/aromatic N) is 1. The Morgan fingerprint density at radius 2 is 0.952 bits per heavy atom. The lowest BCUT2D eigenvalue weighted by Crippen LogP contribution is -2.10. The Labute approximate surface area is 372 Å². The maximum absolute atomic E-state index is 6.51. The van der Waals surface area contributed by atoms with Crippen molar-refractivity contribution in [2.24, 2.45) is 0 Å². The van der Waals surface area contributed by atoms with Crippen molar-refractivity contribution in [1.29, 1.82) is 0 Å². The zero-order chi connectivity index (χ0) is 43.4. The molecule has 0 amide bonds. The summed E-state index contributed by atoms with van der Waals surface area (Å²) in [5.74, 6) is 0.479. The summed E-state index contributed by atoms with van der Waals surface area (Å²) in [5.41, 5.74) is 20.0. The normalized spacial score (nSPS) is 11.9. The summed E-state index contributed by atoms with van der Waals surface area (Å²) < 4.78 is 6.51. The highest BCUT2D eigenvalue weighted by atomic mass is 16.3. The Balaban J connectivity index is 0.998. The number of hydrogen-bond acceptors (Lipinski definition) is 2. The zero-order valence-electron chi connectivity index (χ0n) is 37.3. The molecule has 0 saturated carbocycles. The van der Waals surface area contributed by atoms with Gasteiger partial charge in [0.1, 0.15) is 11.2 Å². The Bertz CT molecular complexity index is 3250. The molecule has 0 fully saturated rings. The Morgan fingerprint density at radius 3 is 1.52 bits per heavy atom. The van der Waals surface area contributed by atoms with Crippen molar-refractivity contribution in [2.45, 2.75) is 59.8 Å². The van der Waals surface area contributed by atoms with E-state index in [-0.39, 0.29) is 5.41 Å². The molecule has 0 aliphatic carbocycles. The first-order chi connectivity index (χ1) is 30.5. The third-order valence-electron chi connectivity index (χ3n) is 12.9. The fraction of sp³-hybridized carbons (Fsp3) is 0.148. The number of para-hydroxylation sites is 1. The maximum atomic E-state index is 6.51. The molecule has 63 heavy (non-hydrogen) atoms. The minimum atomic E-state index is 0.115. The highest BCUT2D eigenvalue weighted by Gasteiger charge is 2.18. The smallest absolute Gasteiger partial charge is 0.143 e. The van der Waals surface area contributed by atoms with E-state index in [4.69, 9.17) is 4.42 Å². The van der Waals surface area contributed by atoms with Gasteiger partial charge in [-0.25, -0.2) is 0 Å². The molecule has 0 N–H and O–H groups in total. The first-order valence-corrected chi connectivity index (χ1v) is 22.3. The molecule has 10 aromatic rings. The van der Waals surface area contributed by atoms with Gasteiger partial charge in [-0.05, 0) is 140 Å². The highest BCUT2D eigenvalue weighted by molar-refractivity contribution is 6.11. The van der Waals surface area contributed by atoms with Gasteiger partial charge >= 0.3 is 0 Å². The van der Waals surface area contributed by atoms with Crippen LogP contribution in [0.25, 0.3) is 77.2 Å². The van der Waals surface area contributed by atoms with Crippen molar-refractivity contribution in [1.82, 2.24) is 0 Å². The van der Waals surface area contributed by atoms with Crippen LogP contribution in [-0.4, -0.2) is 0 Å². The molecule has 10 rings (SSSR count). The van der Waals surface area contributed by atoms with Gasteiger partial charge in [0.05, 0.1) is 0 Å². The topological polar surface area (TPSA) is 16.4 Å². The Kier molecular flexibility index (Phi) is 10.1. The van der Waals surface area contributed by atoms with Gasteiger partial charge in [0.2, 0.25) is 0 Å². The van der Waals surface area contributed by atoms with Gasteiger partial charge < -0.3 is 9.32 Å². The van der Waals surface area contributed by atoms with E-state index in [1.807, 2.05) is 6.07 Å². The number of hydrogen-bond donors (Lipinski definition) is 0. The van der Waals surface area contributed by atoms with Gasteiger partial charge in [0.25, 0.3) is 0 Å². The average Bonchev–Trinajstić information content (AvgIpc) is 3.70. The van der Waals surface area contributed by atoms with E-state index in [0.29, 0.717) is 5.92 Å². The first-order valence-electron chi connectivity index (χ1n) is 22.3. The van der Waals surface area contributed by atoms with Gasteiger partial charge in [0.15, 0.2) is 0 Å². The van der Waals surface area contributed by atoms with Crippen molar-refractivity contribution in [3.05, 3.63) is 210 Å². The number of aryl methyl sites for hydroxylation is 2. The SMILES string of the molecule is Cc1ccc2ccc(C(C)C)cc2c1-c1ccc(-c2ccc(N(c3ccc(-c4ccc(C(C)(C)C)cc4)cc3)c3ccc(-c4ccc(C)c5c4oc4ccccc45)cc3)cc2)cc1. The number of anilines is 3. The predicted octanol–water partition coefficient (Wildman–Crippen LogP) is 17.9. The summed E-state index contributed by atoms with van der Waals surface area (Å²) in [6.45, 7) is 15.7. The van der Waals surface area contributed by atoms with Gasteiger partial charge in [-0.1, -0.05) is 180 Å². The number of furan rings is 1. The van der Waals surface area contributed by atoms with Crippen molar-refractivity contribution in [2.75, 3.05) is 4.90 Å². The molecular weight excluding hydrogens is 763 g/mol. The molecule has 0 unspecified atom stereocenters. The number of rotatable bonds is 8. The molecule has 0 radical (unpaired) electrons. The van der Waals surface area contributed by atoms with Crippen molar-refractivity contribution >= 4 is 49.8 Å². The van der Waals surface area contributed by atoms with Gasteiger partial charge in [-0.3, -0.25) is 0 Å². The minimum Gasteiger partial charge on any atom is -0.455 e. The van der Waals surface area contributed by atoms with Crippen molar-refractivity contribution in [3.63, 3.8) is 0 Å². The Morgan fingerprint density at radius 1 is 0.460 bits per heavy atom. The lowest BCUT2D eigenvalue weighted by atomic mass is 9.86. The molecule has 0 spiro atoms. The van der Waals surface area contributed by atoms with Gasteiger partial charge in [0, 0.05) is 33.4 Å². The van der Waals surface area contributed by atoms with E-state index in [0.717, 1.165) is 44.7 Å². The molecule has 0 aliphatic rings. The average molecular weight is 816 g/mol. The molecule has 9 aromatic carbocycles. The van der Waals surface area contributed by atoms with Gasteiger partial charge in [-0.15, -0.1) is 0 Å². The lowest BCUT2D eigenvalue weighted by Gasteiger charge is -2.26. The highest BCUT2D eigenvalue weighted by Crippen LogP contribution is 2.42. The van der Waals surface area contributed by atoms with E-state index >= 15 is 0 Å². The zero-order valence-corrected chi connectivity index (χ0v) is 37.3. The van der Waals surface area contributed by atoms with Crippen LogP contribution in [0.4, 0.5) is 17.1 Å². The maximum Gasteiger partial charge on any atom is 0.143 e. The molecule has 0 atom stereocenters. The van der Waals surface area contributed by atoms with Crippen LogP contribution in [0.5, 0.6) is 0 Å². The summed E-state index contributed by atoms with van der Waals surface area (Å²) >= 11 is 0. The molecule has 0 saturated heterocycles. The van der Waals surface area contributed by atoms with E-state index in [1.165, 1.54) is 71.8 Å². The van der Waals surface area contributed by atoms with Crippen LogP contribution in [0.1, 0.15) is 62.8 Å². The first kappa shape index (κ1) is 39.9. The molecule has 0 aliphatic heterocycles. The summed E-state index contributed by atoms with van der Waals surface area (Å²) in [6.07, 6.45) is 0. The third-order valence-corrected chi connectivity index (χ3v) is 12.9. The van der Waals surface area contributed by atoms with Gasteiger partial charge in [-0.2, -0.15) is 0 Å². The summed E-state index contributed by atoms with van der Waals surface area (Å²) in [6, 6.07) is 69.1. The molecule has 1 heterocycles. The van der Waals surface area contributed by atoms with E-state index in [2.05, 4.69) is 235 Å². The van der Waals surface area contributed by atoms with Crippen LogP contribution in [0.2, 0.25) is 0 Å². The fourth-order valence-electron chi connectivity index (χ4n) is 9.25. The molecule has 308 valence electrons.